The van der Waals surface area contributed by atoms with Gasteiger partial charge in [-0.2, -0.15) is 0 Å². The van der Waals surface area contributed by atoms with E-state index in [-0.39, 0.29) is 17.1 Å². The van der Waals surface area contributed by atoms with Crippen LogP contribution in [0.1, 0.15) is 29.6 Å². The fourth-order valence-electron chi connectivity index (χ4n) is 2.88. The summed E-state index contributed by atoms with van der Waals surface area (Å²) in [5.74, 6) is 0.401. The number of hydrogen-bond acceptors (Lipinski definition) is 4. The summed E-state index contributed by atoms with van der Waals surface area (Å²) in [4.78, 5) is 28.2. The standard InChI is InChI=1S/C20H20ClNO3S/c1-25-16-9-11-17(12-10-16)26-18-4-2-3-13-22(20(18)24)19(23)14-5-7-15(21)8-6-14/h5-12,18H,2-4,13H2,1H3. The smallest absolute Gasteiger partial charge is 0.260 e. The molecule has 0 radical (unpaired) electrons. The highest BCUT2D eigenvalue weighted by atomic mass is 35.5. The lowest BCUT2D eigenvalue weighted by atomic mass is 10.2. The summed E-state index contributed by atoms with van der Waals surface area (Å²) in [6.07, 6.45) is 2.51. The summed E-state index contributed by atoms with van der Waals surface area (Å²) in [5.41, 5.74) is 0.484. The normalized spacial score (nSPS) is 17.7. The van der Waals surface area contributed by atoms with Crippen LogP contribution in [0.5, 0.6) is 5.75 Å². The molecule has 0 bridgehead atoms. The van der Waals surface area contributed by atoms with Crippen LogP contribution in [0.2, 0.25) is 5.02 Å². The van der Waals surface area contributed by atoms with E-state index in [1.54, 1.807) is 31.4 Å². The minimum absolute atomic E-state index is 0.122. The number of halogens is 1. The molecule has 2 amide bonds. The lowest BCUT2D eigenvalue weighted by Gasteiger charge is -2.22. The van der Waals surface area contributed by atoms with Crippen molar-refractivity contribution in [3.8, 4) is 5.75 Å². The Balaban J connectivity index is 1.75. The molecule has 1 atom stereocenters. The van der Waals surface area contributed by atoms with Gasteiger partial charge in [0.15, 0.2) is 0 Å². The number of methoxy groups -OCH3 is 1. The lowest BCUT2D eigenvalue weighted by Crippen LogP contribution is -2.41. The molecule has 3 rings (SSSR count). The van der Waals surface area contributed by atoms with E-state index >= 15 is 0 Å². The van der Waals surface area contributed by atoms with Crippen molar-refractivity contribution in [1.82, 2.24) is 4.90 Å². The van der Waals surface area contributed by atoms with Crippen molar-refractivity contribution in [1.29, 1.82) is 0 Å². The molecule has 26 heavy (non-hydrogen) atoms. The highest BCUT2D eigenvalue weighted by Gasteiger charge is 2.32. The molecule has 0 aromatic heterocycles. The van der Waals surface area contributed by atoms with E-state index in [0.29, 0.717) is 17.1 Å². The fourth-order valence-corrected chi connectivity index (χ4v) is 4.15. The Hall–Kier alpha value is -1.98. The fraction of sp³-hybridized carbons (Fsp3) is 0.300. The highest BCUT2D eigenvalue weighted by Crippen LogP contribution is 2.31. The number of likely N-dealkylation sites (tertiary alicyclic amines) is 1. The molecule has 0 spiro atoms. The lowest BCUT2D eigenvalue weighted by molar-refractivity contribution is -0.127. The maximum Gasteiger partial charge on any atom is 0.260 e. The molecule has 1 aliphatic rings. The third-order valence-electron chi connectivity index (χ3n) is 4.31. The third kappa shape index (κ3) is 4.40. The van der Waals surface area contributed by atoms with Gasteiger partial charge in [-0.25, -0.2) is 0 Å². The van der Waals surface area contributed by atoms with Gasteiger partial charge in [0.1, 0.15) is 5.75 Å². The number of imide groups is 1. The number of rotatable bonds is 4. The average Bonchev–Trinajstić information content (AvgIpc) is 2.84. The van der Waals surface area contributed by atoms with Crippen molar-refractivity contribution in [2.24, 2.45) is 0 Å². The Morgan fingerprint density at radius 3 is 2.46 bits per heavy atom. The Morgan fingerprint density at radius 1 is 1.12 bits per heavy atom. The van der Waals surface area contributed by atoms with Crippen molar-refractivity contribution in [3.63, 3.8) is 0 Å². The molecule has 0 N–H and O–H groups in total. The van der Waals surface area contributed by atoms with Gasteiger partial charge < -0.3 is 4.74 Å². The summed E-state index contributed by atoms with van der Waals surface area (Å²) in [7, 11) is 1.62. The first kappa shape index (κ1) is 18.8. The molecular formula is C20H20ClNO3S. The molecule has 1 fully saturated rings. The molecule has 2 aromatic carbocycles. The zero-order valence-corrected chi connectivity index (χ0v) is 16.1. The van der Waals surface area contributed by atoms with Crippen LogP contribution in [0.3, 0.4) is 0 Å². The molecule has 6 heteroatoms. The van der Waals surface area contributed by atoms with Crippen LogP contribution in [-0.2, 0) is 4.79 Å². The maximum atomic E-state index is 13.0. The Labute approximate surface area is 162 Å². The summed E-state index contributed by atoms with van der Waals surface area (Å²) in [5, 5.41) is 0.304. The third-order valence-corrected chi connectivity index (χ3v) is 5.83. The first-order valence-corrected chi connectivity index (χ1v) is 9.76. The molecule has 136 valence electrons. The van der Waals surface area contributed by atoms with Crippen molar-refractivity contribution >= 4 is 35.2 Å². The molecule has 1 saturated heterocycles. The molecule has 4 nitrogen and oxygen atoms in total. The maximum absolute atomic E-state index is 13.0. The Bertz CT molecular complexity index is 777. The van der Waals surface area contributed by atoms with Crippen LogP contribution in [0, 0.1) is 0 Å². The average molecular weight is 390 g/mol. The van der Waals surface area contributed by atoms with E-state index in [1.807, 2.05) is 24.3 Å². The quantitative estimate of drug-likeness (QED) is 0.713. The van der Waals surface area contributed by atoms with E-state index < -0.39 is 0 Å². The minimum Gasteiger partial charge on any atom is -0.497 e. The number of ether oxygens (including phenoxy) is 1. The zero-order chi connectivity index (χ0) is 18.5. The van der Waals surface area contributed by atoms with Gasteiger partial charge in [0.05, 0.1) is 12.4 Å². The number of carbonyl (C=O) groups is 2. The number of amides is 2. The summed E-state index contributed by atoms with van der Waals surface area (Å²) in [6.45, 7) is 0.458. The van der Waals surface area contributed by atoms with Crippen LogP contribution in [0.25, 0.3) is 0 Å². The van der Waals surface area contributed by atoms with E-state index in [4.69, 9.17) is 16.3 Å². The van der Waals surface area contributed by atoms with Crippen LogP contribution in [-0.4, -0.2) is 35.6 Å². The van der Waals surface area contributed by atoms with E-state index in [2.05, 4.69) is 0 Å². The molecule has 2 aromatic rings. The van der Waals surface area contributed by atoms with Gasteiger partial charge in [0.2, 0.25) is 5.91 Å². The number of hydrogen-bond donors (Lipinski definition) is 0. The zero-order valence-electron chi connectivity index (χ0n) is 14.5. The van der Waals surface area contributed by atoms with Crippen LogP contribution in [0.4, 0.5) is 0 Å². The molecule has 1 aliphatic heterocycles. The minimum atomic E-state index is -0.262. The summed E-state index contributed by atoms with van der Waals surface area (Å²) < 4.78 is 5.17. The van der Waals surface area contributed by atoms with Crippen molar-refractivity contribution in [2.75, 3.05) is 13.7 Å². The second-order valence-corrected chi connectivity index (χ2v) is 7.79. The van der Waals surface area contributed by atoms with E-state index in [1.165, 1.54) is 16.7 Å². The molecule has 1 heterocycles. The topological polar surface area (TPSA) is 46.6 Å². The van der Waals surface area contributed by atoms with Gasteiger partial charge in [-0.05, 0) is 61.4 Å². The molecule has 1 unspecified atom stereocenters. The SMILES string of the molecule is COc1ccc(SC2CCCCN(C(=O)c3ccc(Cl)cc3)C2=O)cc1. The van der Waals surface area contributed by atoms with Crippen LogP contribution < -0.4 is 4.74 Å². The number of carbonyl (C=O) groups excluding carboxylic acids is 2. The highest BCUT2D eigenvalue weighted by molar-refractivity contribution is 8.00. The predicted molar refractivity (Wildman–Crippen MR) is 104 cm³/mol. The number of benzene rings is 2. The summed E-state index contributed by atoms with van der Waals surface area (Å²) >= 11 is 7.39. The van der Waals surface area contributed by atoms with Gasteiger partial charge >= 0.3 is 0 Å². The van der Waals surface area contributed by atoms with Gasteiger partial charge in [-0.15, -0.1) is 11.8 Å². The van der Waals surface area contributed by atoms with Crippen LogP contribution >= 0.6 is 23.4 Å². The Kier molecular flexibility index (Phi) is 6.22. The van der Waals surface area contributed by atoms with Gasteiger partial charge in [0.25, 0.3) is 5.91 Å². The molecular weight excluding hydrogens is 370 g/mol. The number of thioether (sulfide) groups is 1. The second-order valence-electron chi connectivity index (χ2n) is 6.08. The van der Waals surface area contributed by atoms with Gasteiger partial charge in [-0.1, -0.05) is 18.0 Å². The van der Waals surface area contributed by atoms with Gasteiger partial charge in [0, 0.05) is 22.0 Å². The molecule has 0 saturated carbocycles. The number of nitrogens with zero attached hydrogens (tertiary/aromatic N) is 1. The first-order valence-electron chi connectivity index (χ1n) is 8.50. The Morgan fingerprint density at radius 2 is 1.81 bits per heavy atom. The van der Waals surface area contributed by atoms with E-state index in [9.17, 15) is 9.59 Å². The molecule has 0 aliphatic carbocycles. The second kappa shape index (κ2) is 8.60. The predicted octanol–water partition coefficient (Wildman–Crippen LogP) is 4.66. The van der Waals surface area contributed by atoms with Gasteiger partial charge in [-0.3, -0.25) is 14.5 Å². The van der Waals surface area contributed by atoms with Crippen molar-refractivity contribution in [2.45, 2.75) is 29.4 Å². The van der Waals surface area contributed by atoms with E-state index in [0.717, 1.165) is 29.9 Å². The monoisotopic (exact) mass is 389 g/mol. The van der Waals surface area contributed by atoms with Crippen LogP contribution in [0.15, 0.2) is 53.4 Å². The van der Waals surface area contributed by atoms with Crippen molar-refractivity contribution in [3.05, 3.63) is 59.1 Å². The first-order chi connectivity index (χ1) is 12.6. The summed E-state index contributed by atoms with van der Waals surface area (Å²) in [6, 6.07) is 14.3. The van der Waals surface area contributed by atoms with Crippen molar-refractivity contribution < 1.29 is 14.3 Å². The largest absolute Gasteiger partial charge is 0.497 e.